The van der Waals surface area contributed by atoms with Crippen LogP contribution in [0, 0.1) is 10.1 Å². The summed E-state index contributed by atoms with van der Waals surface area (Å²) in [5, 5.41) is 23.2. The van der Waals surface area contributed by atoms with Gasteiger partial charge in [-0.25, -0.2) is 0 Å². The monoisotopic (exact) mass is 253 g/mol. The van der Waals surface area contributed by atoms with Crippen LogP contribution < -0.4 is 11.1 Å². The van der Waals surface area contributed by atoms with Crippen molar-refractivity contribution in [3.63, 3.8) is 0 Å². The maximum atomic E-state index is 10.6. The lowest BCUT2D eigenvalue weighted by atomic mass is 9.93. The normalized spacial score (nSPS) is 11.3. The van der Waals surface area contributed by atoms with Crippen LogP contribution in [0.2, 0.25) is 0 Å². The Bertz CT molecular complexity index is 422. The fourth-order valence-corrected chi connectivity index (χ4v) is 1.75. The van der Waals surface area contributed by atoms with Crippen molar-refractivity contribution in [2.24, 2.45) is 0 Å². The van der Waals surface area contributed by atoms with E-state index in [-0.39, 0.29) is 12.3 Å². The van der Waals surface area contributed by atoms with Crippen LogP contribution >= 0.6 is 0 Å². The molecule has 0 radical (unpaired) electrons. The molecule has 6 heteroatoms. The molecule has 0 heterocycles. The first kappa shape index (κ1) is 14.2. The minimum Gasteiger partial charge on any atom is -0.397 e. The van der Waals surface area contributed by atoms with Crippen molar-refractivity contribution in [3.05, 3.63) is 28.3 Å². The van der Waals surface area contributed by atoms with Crippen LogP contribution in [0.25, 0.3) is 0 Å². The summed E-state index contributed by atoms with van der Waals surface area (Å²) in [4.78, 5) is 10.1. The van der Waals surface area contributed by atoms with Crippen LogP contribution in [-0.4, -0.2) is 22.2 Å². The SMILES string of the molecule is CCC(CC)(CO)Nc1ccc([N+](=O)[O-])cc1N. The number of benzene rings is 1. The highest BCUT2D eigenvalue weighted by molar-refractivity contribution is 5.70. The highest BCUT2D eigenvalue weighted by Gasteiger charge is 2.25. The Morgan fingerprint density at radius 3 is 2.44 bits per heavy atom. The number of aliphatic hydroxyl groups is 1. The smallest absolute Gasteiger partial charge is 0.271 e. The highest BCUT2D eigenvalue weighted by atomic mass is 16.6. The van der Waals surface area contributed by atoms with E-state index in [4.69, 9.17) is 5.73 Å². The Balaban J connectivity index is 3.01. The summed E-state index contributed by atoms with van der Waals surface area (Å²) in [6, 6.07) is 4.28. The van der Waals surface area contributed by atoms with Gasteiger partial charge in [-0.1, -0.05) is 13.8 Å². The minimum atomic E-state index is -0.487. The maximum absolute atomic E-state index is 10.6. The summed E-state index contributed by atoms with van der Waals surface area (Å²) in [5.41, 5.74) is 6.22. The lowest BCUT2D eigenvalue weighted by molar-refractivity contribution is -0.384. The molecule has 0 bridgehead atoms. The molecular weight excluding hydrogens is 234 g/mol. The molecule has 18 heavy (non-hydrogen) atoms. The van der Waals surface area contributed by atoms with Gasteiger partial charge in [-0.05, 0) is 18.9 Å². The van der Waals surface area contributed by atoms with E-state index in [1.165, 1.54) is 12.1 Å². The number of anilines is 2. The maximum Gasteiger partial charge on any atom is 0.271 e. The van der Waals surface area contributed by atoms with E-state index in [1.807, 2.05) is 13.8 Å². The summed E-state index contributed by atoms with van der Waals surface area (Å²) >= 11 is 0. The lowest BCUT2D eigenvalue weighted by Crippen LogP contribution is -2.41. The highest BCUT2D eigenvalue weighted by Crippen LogP contribution is 2.29. The van der Waals surface area contributed by atoms with Crippen molar-refractivity contribution in [2.45, 2.75) is 32.2 Å². The number of nitrogen functional groups attached to an aromatic ring is 1. The van der Waals surface area contributed by atoms with Gasteiger partial charge in [0, 0.05) is 12.1 Å². The van der Waals surface area contributed by atoms with Crippen LogP contribution in [0.4, 0.5) is 17.1 Å². The number of hydrogen-bond acceptors (Lipinski definition) is 5. The number of nitro benzene ring substituents is 1. The van der Waals surface area contributed by atoms with Crippen LogP contribution in [0.15, 0.2) is 18.2 Å². The molecule has 1 aromatic carbocycles. The molecule has 100 valence electrons. The molecule has 0 unspecified atom stereocenters. The predicted molar refractivity (Wildman–Crippen MR) is 71.5 cm³/mol. The zero-order valence-corrected chi connectivity index (χ0v) is 10.6. The largest absolute Gasteiger partial charge is 0.397 e. The van der Waals surface area contributed by atoms with Gasteiger partial charge in [-0.15, -0.1) is 0 Å². The predicted octanol–water partition coefficient (Wildman–Crippen LogP) is 2.14. The number of aliphatic hydroxyl groups excluding tert-OH is 1. The van der Waals surface area contributed by atoms with Gasteiger partial charge in [0.15, 0.2) is 0 Å². The quantitative estimate of drug-likeness (QED) is 0.409. The molecule has 0 saturated heterocycles. The first-order valence-corrected chi connectivity index (χ1v) is 5.91. The average Bonchev–Trinajstić information content (AvgIpc) is 2.38. The molecule has 1 rings (SSSR count). The first-order valence-electron chi connectivity index (χ1n) is 5.91. The van der Waals surface area contributed by atoms with Gasteiger partial charge in [0.1, 0.15) is 0 Å². The van der Waals surface area contributed by atoms with E-state index >= 15 is 0 Å². The molecule has 0 atom stereocenters. The molecule has 0 aliphatic heterocycles. The third-order valence-electron chi connectivity index (χ3n) is 3.30. The second kappa shape index (κ2) is 5.68. The fraction of sp³-hybridized carbons (Fsp3) is 0.500. The second-order valence-corrected chi connectivity index (χ2v) is 4.30. The van der Waals surface area contributed by atoms with E-state index in [1.54, 1.807) is 6.07 Å². The Morgan fingerprint density at radius 1 is 1.44 bits per heavy atom. The molecule has 6 nitrogen and oxygen atoms in total. The van der Waals surface area contributed by atoms with Gasteiger partial charge >= 0.3 is 0 Å². The van der Waals surface area contributed by atoms with Crippen LogP contribution in [0.3, 0.4) is 0 Å². The standard InChI is InChI=1S/C12H19N3O3/c1-3-12(4-2,8-16)14-11-6-5-9(15(17)18)7-10(11)13/h5-7,14,16H,3-4,8,13H2,1-2H3. The van der Waals surface area contributed by atoms with Gasteiger partial charge in [0.25, 0.3) is 5.69 Å². The van der Waals surface area contributed by atoms with Crippen LogP contribution in [0.1, 0.15) is 26.7 Å². The number of nitrogens with one attached hydrogen (secondary N) is 1. The van der Waals surface area contributed by atoms with Crippen molar-refractivity contribution in [3.8, 4) is 0 Å². The molecule has 0 aliphatic rings. The van der Waals surface area contributed by atoms with Gasteiger partial charge in [0.05, 0.1) is 28.4 Å². The molecule has 0 spiro atoms. The molecule has 0 saturated carbocycles. The van der Waals surface area contributed by atoms with Gasteiger partial charge in [-0.3, -0.25) is 10.1 Å². The Morgan fingerprint density at radius 2 is 2.06 bits per heavy atom. The summed E-state index contributed by atoms with van der Waals surface area (Å²) in [6.07, 6.45) is 1.47. The summed E-state index contributed by atoms with van der Waals surface area (Å²) in [7, 11) is 0. The van der Waals surface area contributed by atoms with Gasteiger partial charge < -0.3 is 16.2 Å². The Hall–Kier alpha value is -1.82. The van der Waals surface area contributed by atoms with Crippen molar-refractivity contribution in [1.82, 2.24) is 0 Å². The van der Waals surface area contributed by atoms with E-state index in [2.05, 4.69) is 5.32 Å². The Labute approximate surface area is 106 Å². The lowest BCUT2D eigenvalue weighted by Gasteiger charge is -2.32. The third-order valence-corrected chi connectivity index (χ3v) is 3.30. The van der Waals surface area contributed by atoms with Crippen molar-refractivity contribution in [2.75, 3.05) is 17.7 Å². The van der Waals surface area contributed by atoms with Crippen molar-refractivity contribution >= 4 is 17.1 Å². The molecule has 0 aliphatic carbocycles. The third kappa shape index (κ3) is 2.89. The second-order valence-electron chi connectivity index (χ2n) is 4.30. The molecular formula is C12H19N3O3. The van der Waals surface area contributed by atoms with E-state index in [0.29, 0.717) is 11.4 Å². The Kier molecular flexibility index (Phi) is 4.49. The molecule has 4 N–H and O–H groups in total. The van der Waals surface area contributed by atoms with E-state index < -0.39 is 10.5 Å². The van der Waals surface area contributed by atoms with E-state index in [9.17, 15) is 15.2 Å². The number of non-ortho nitro benzene ring substituents is 1. The number of nitro groups is 1. The topological polar surface area (TPSA) is 101 Å². The number of nitrogens with zero attached hydrogens (tertiary/aromatic N) is 1. The van der Waals surface area contributed by atoms with Crippen molar-refractivity contribution < 1.29 is 10.0 Å². The number of nitrogens with two attached hydrogens (primary N) is 1. The average molecular weight is 253 g/mol. The van der Waals surface area contributed by atoms with Crippen LogP contribution in [0.5, 0.6) is 0 Å². The minimum absolute atomic E-state index is 0.0174. The van der Waals surface area contributed by atoms with Gasteiger partial charge in [-0.2, -0.15) is 0 Å². The fourth-order valence-electron chi connectivity index (χ4n) is 1.75. The summed E-state index contributed by atoms with van der Waals surface area (Å²) in [5.74, 6) is 0. The first-order chi connectivity index (χ1) is 8.48. The number of hydrogen-bond donors (Lipinski definition) is 3. The van der Waals surface area contributed by atoms with Crippen molar-refractivity contribution in [1.29, 1.82) is 0 Å². The van der Waals surface area contributed by atoms with Crippen LogP contribution in [-0.2, 0) is 0 Å². The van der Waals surface area contributed by atoms with E-state index in [0.717, 1.165) is 12.8 Å². The molecule has 0 amide bonds. The number of rotatable bonds is 6. The zero-order valence-electron chi connectivity index (χ0n) is 10.6. The summed E-state index contributed by atoms with van der Waals surface area (Å²) in [6.45, 7) is 3.92. The molecule has 0 aromatic heterocycles. The molecule has 1 aromatic rings. The zero-order chi connectivity index (χ0) is 13.8. The molecule has 0 fully saturated rings. The summed E-state index contributed by atoms with van der Waals surface area (Å²) < 4.78 is 0. The van der Waals surface area contributed by atoms with Gasteiger partial charge in [0.2, 0.25) is 0 Å².